The molecule has 0 aliphatic carbocycles. The van der Waals surface area contributed by atoms with Gasteiger partial charge in [-0.15, -0.1) is 0 Å². The van der Waals surface area contributed by atoms with Crippen molar-refractivity contribution in [2.45, 2.75) is 38.0 Å². The predicted molar refractivity (Wildman–Crippen MR) is 88.6 cm³/mol. The van der Waals surface area contributed by atoms with Gasteiger partial charge in [0.25, 0.3) is 5.91 Å². The van der Waals surface area contributed by atoms with Gasteiger partial charge in [-0.3, -0.25) is 9.48 Å². The average molecular weight is 367 g/mol. The van der Waals surface area contributed by atoms with Crippen LogP contribution in [0.4, 0.5) is 13.2 Å². The molecule has 1 amide bonds. The number of rotatable bonds is 4. The lowest BCUT2D eigenvalue weighted by Gasteiger charge is -2.22. The van der Waals surface area contributed by atoms with Crippen molar-refractivity contribution in [1.29, 1.82) is 0 Å². The first kappa shape index (κ1) is 18.4. The Labute approximate surface area is 149 Å². The molecular weight excluding hydrogens is 347 g/mol. The summed E-state index contributed by atoms with van der Waals surface area (Å²) in [4.78, 5) is 12.4. The largest absolute Gasteiger partial charge is 0.416 e. The highest BCUT2D eigenvalue weighted by Gasteiger charge is 2.30. The normalized spacial score (nSPS) is 17.1. The number of hydrogen-bond acceptors (Lipinski definition) is 3. The number of benzene rings is 1. The Morgan fingerprint density at radius 3 is 2.77 bits per heavy atom. The minimum absolute atomic E-state index is 0.200. The van der Waals surface area contributed by atoms with Gasteiger partial charge in [0, 0.05) is 19.4 Å². The van der Waals surface area contributed by atoms with Gasteiger partial charge in [0.2, 0.25) is 0 Å². The lowest BCUT2D eigenvalue weighted by atomic mass is 10.0. The summed E-state index contributed by atoms with van der Waals surface area (Å²) in [5.74, 6) is -0.367. The highest BCUT2D eigenvalue weighted by Crippen LogP contribution is 2.30. The molecule has 1 aromatic carbocycles. The maximum Gasteiger partial charge on any atom is 0.416 e. The standard InChI is InChI=1S/C18H20F3N3O2/c1-12(13-3-2-4-15(9-13)18(19,20)21)23-17(25)14-10-22-24(11-14)16-5-7-26-8-6-16/h2-4,9-12,16H,5-8H2,1H3,(H,23,25). The van der Waals surface area contributed by atoms with Crippen molar-refractivity contribution in [3.05, 3.63) is 53.3 Å². The minimum Gasteiger partial charge on any atom is -0.381 e. The van der Waals surface area contributed by atoms with E-state index >= 15 is 0 Å². The Bertz CT molecular complexity index is 767. The molecule has 0 radical (unpaired) electrons. The number of carbonyl (C=O) groups excluding carboxylic acids is 1. The second-order valence-electron chi connectivity index (χ2n) is 6.37. The molecule has 1 saturated heterocycles. The number of halogens is 3. The topological polar surface area (TPSA) is 56.2 Å². The molecule has 0 spiro atoms. The second-order valence-corrected chi connectivity index (χ2v) is 6.37. The average Bonchev–Trinajstić information content (AvgIpc) is 3.12. The van der Waals surface area contributed by atoms with Gasteiger partial charge >= 0.3 is 6.18 Å². The predicted octanol–water partition coefficient (Wildman–Crippen LogP) is 3.74. The molecule has 140 valence electrons. The zero-order valence-electron chi connectivity index (χ0n) is 14.3. The molecule has 1 fully saturated rings. The van der Waals surface area contributed by atoms with E-state index in [0.29, 0.717) is 24.3 Å². The summed E-state index contributed by atoms with van der Waals surface area (Å²) in [7, 11) is 0. The van der Waals surface area contributed by atoms with Gasteiger partial charge in [-0.2, -0.15) is 18.3 Å². The van der Waals surface area contributed by atoms with Crippen LogP contribution in [0.1, 0.15) is 53.3 Å². The van der Waals surface area contributed by atoms with E-state index in [0.717, 1.165) is 25.0 Å². The number of hydrogen-bond donors (Lipinski definition) is 1. The molecule has 2 heterocycles. The lowest BCUT2D eigenvalue weighted by molar-refractivity contribution is -0.137. The molecule has 1 N–H and O–H groups in total. The van der Waals surface area contributed by atoms with Gasteiger partial charge in [-0.05, 0) is 37.5 Å². The summed E-state index contributed by atoms with van der Waals surface area (Å²) in [6.45, 7) is 2.98. The van der Waals surface area contributed by atoms with Crippen molar-refractivity contribution >= 4 is 5.91 Å². The number of amides is 1. The van der Waals surface area contributed by atoms with Crippen LogP contribution in [0.15, 0.2) is 36.7 Å². The van der Waals surface area contributed by atoms with Crippen LogP contribution in [0.2, 0.25) is 0 Å². The molecule has 2 aromatic rings. The number of carbonyl (C=O) groups is 1. The first-order valence-electron chi connectivity index (χ1n) is 8.44. The molecule has 3 rings (SSSR count). The van der Waals surface area contributed by atoms with Crippen LogP contribution in [-0.4, -0.2) is 28.9 Å². The molecule has 1 unspecified atom stereocenters. The van der Waals surface area contributed by atoms with Crippen LogP contribution in [0.3, 0.4) is 0 Å². The number of aromatic nitrogens is 2. The van der Waals surface area contributed by atoms with E-state index in [1.54, 1.807) is 23.9 Å². The van der Waals surface area contributed by atoms with Crippen LogP contribution in [0, 0.1) is 0 Å². The van der Waals surface area contributed by atoms with Crippen molar-refractivity contribution in [2.24, 2.45) is 0 Å². The zero-order chi connectivity index (χ0) is 18.7. The maximum atomic E-state index is 12.8. The van der Waals surface area contributed by atoms with Crippen LogP contribution < -0.4 is 5.32 Å². The third kappa shape index (κ3) is 4.24. The Balaban J connectivity index is 1.67. The molecule has 1 atom stereocenters. The molecule has 5 nitrogen and oxygen atoms in total. The van der Waals surface area contributed by atoms with Crippen LogP contribution >= 0.6 is 0 Å². The van der Waals surface area contributed by atoms with Crippen LogP contribution in [0.5, 0.6) is 0 Å². The van der Waals surface area contributed by atoms with E-state index in [1.807, 2.05) is 0 Å². The molecule has 8 heteroatoms. The minimum atomic E-state index is -4.41. The first-order chi connectivity index (χ1) is 12.3. The summed E-state index contributed by atoms with van der Waals surface area (Å²) in [6.07, 6.45) is 0.408. The third-order valence-electron chi connectivity index (χ3n) is 4.49. The number of ether oxygens (including phenoxy) is 1. The number of nitrogens with one attached hydrogen (secondary N) is 1. The number of nitrogens with zero attached hydrogens (tertiary/aromatic N) is 2. The third-order valence-corrected chi connectivity index (χ3v) is 4.49. The first-order valence-corrected chi connectivity index (χ1v) is 8.44. The van der Waals surface area contributed by atoms with Gasteiger partial charge in [-0.1, -0.05) is 12.1 Å². The van der Waals surface area contributed by atoms with Crippen molar-refractivity contribution in [1.82, 2.24) is 15.1 Å². The smallest absolute Gasteiger partial charge is 0.381 e. The van der Waals surface area contributed by atoms with Gasteiger partial charge in [0.15, 0.2) is 0 Å². The lowest BCUT2D eigenvalue weighted by Crippen LogP contribution is -2.26. The molecule has 1 aliphatic rings. The van der Waals surface area contributed by atoms with Gasteiger partial charge in [0.1, 0.15) is 0 Å². The Kier molecular flexibility index (Phi) is 5.31. The van der Waals surface area contributed by atoms with Crippen molar-refractivity contribution in [2.75, 3.05) is 13.2 Å². The molecule has 0 bridgehead atoms. The maximum absolute atomic E-state index is 12.8. The summed E-state index contributed by atoms with van der Waals surface area (Å²) in [6, 6.07) is 4.60. The van der Waals surface area contributed by atoms with E-state index in [4.69, 9.17) is 4.74 Å². The molecule has 1 aromatic heterocycles. The summed E-state index contributed by atoms with van der Waals surface area (Å²) >= 11 is 0. The van der Waals surface area contributed by atoms with Crippen molar-refractivity contribution in [3.63, 3.8) is 0 Å². The van der Waals surface area contributed by atoms with Gasteiger partial charge in [0.05, 0.1) is 29.4 Å². The molecule has 26 heavy (non-hydrogen) atoms. The highest BCUT2D eigenvalue weighted by atomic mass is 19.4. The second kappa shape index (κ2) is 7.49. The SMILES string of the molecule is CC(NC(=O)c1cnn(C2CCOCC2)c1)c1cccc(C(F)(F)F)c1. The Morgan fingerprint density at radius 1 is 1.35 bits per heavy atom. The van der Waals surface area contributed by atoms with E-state index in [-0.39, 0.29) is 11.9 Å². The number of alkyl halides is 3. The summed E-state index contributed by atoms with van der Waals surface area (Å²) in [5, 5.41) is 6.96. The van der Waals surface area contributed by atoms with Gasteiger partial charge in [-0.25, -0.2) is 0 Å². The fourth-order valence-corrected chi connectivity index (χ4v) is 2.95. The zero-order valence-corrected chi connectivity index (χ0v) is 14.3. The molecule has 1 aliphatic heterocycles. The van der Waals surface area contributed by atoms with E-state index < -0.39 is 17.8 Å². The quantitative estimate of drug-likeness (QED) is 0.896. The van der Waals surface area contributed by atoms with Crippen LogP contribution in [0.25, 0.3) is 0 Å². The van der Waals surface area contributed by atoms with E-state index in [2.05, 4.69) is 10.4 Å². The monoisotopic (exact) mass is 367 g/mol. The van der Waals surface area contributed by atoms with E-state index in [9.17, 15) is 18.0 Å². The summed E-state index contributed by atoms with van der Waals surface area (Å²) in [5.41, 5.74) is 0.0451. The van der Waals surface area contributed by atoms with E-state index in [1.165, 1.54) is 12.3 Å². The molecular formula is C18H20F3N3O2. The fraction of sp³-hybridized carbons (Fsp3) is 0.444. The fourth-order valence-electron chi connectivity index (χ4n) is 2.95. The Hall–Kier alpha value is -2.35. The van der Waals surface area contributed by atoms with Crippen LogP contribution in [-0.2, 0) is 10.9 Å². The van der Waals surface area contributed by atoms with Gasteiger partial charge < -0.3 is 10.1 Å². The van der Waals surface area contributed by atoms with Crippen molar-refractivity contribution < 1.29 is 22.7 Å². The molecule has 0 saturated carbocycles. The Morgan fingerprint density at radius 2 is 2.08 bits per heavy atom. The van der Waals surface area contributed by atoms with Crippen molar-refractivity contribution in [3.8, 4) is 0 Å². The highest BCUT2D eigenvalue weighted by molar-refractivity contribution is 5.93. The summed E-state index contributed by atoms with van der Waals surface area (Å²) < 4.78 is 45.6.